The average molecular weight is 405 g/mol. The maximum Gasteiger partial charge on any atom is 0.324 e. The first-order chi connectivity index (χ1) is 12.9. The van der Waals surface area contributed by atoms with Gasteiger partial charge in [0.05, 0.1) is 12.0 Å². The highest BCUT2D eigenvalue weighted by Crippen LogP contribution is 2.26. The molecule has 0 radical (unpaired) electrons. The van der Waals surface area contributed by atoms with Crippen LogP contribution >= 0.6 is 11.3 Å². The van der Waals surface area contributed by atoms with Crippen molar-refractivity contribution in [3.63, 3.8) is 0 Å². The molecule has 0 aliphatic carbocycles. The van der Waals surface area contributed by atoms with E-state index in [-0.39, 0.29) is 11.5 Å². The number of rotatable bonds is 7. The van der Waals surface area contributed by atoms with E-state index in [0.717, 1.165) is 15.6 Å². The monoisotopic (exact) mass is 405 g/mol. The lowest BCUT2D eigenvalue weighted by Gasteiger charge is -2.14. The van der Waals surface area contributed by atoms with E-state index < -0.39 is 22.0 Å². The molecule has 1 atom stereocenters. The zero-order valence-electron chi connectivity index (χ0n) is 14.8. The maximum absolute atomic E-state index is 12.4. The van der Waals surface area contributed by atoms with Crippen LogP contribution in [0.5, 0.6) is 5.75 Å². The highest BCUT2D eigenvalue weighted by Gasteiger charge is 2.23. The smallest absolute Gasteiger partial charge is 0.324 e. The van der Waals surface area contributed by atoms with Gasteiger partial charge in [0.25, 0.3) is 0 Å². The van der Waals surface area contributed by atoms with E-state index >= 15 is 0 Å². The number of hydrogen-bond donors (Lipinski definition) is 1. The minimum Gasteiger partial charge on any atom is -0.497 e. The topological polar surface area (TPSA) is 81.7 Å². The minimum atomic E-state index is -3.84. The summed E-state index contributed by atoms with van der Waals surface area (Å²) in [6.45, 7) is 1.55. The van der Waals surface area contributed by atoms with Crippen LogP contribution in [-0.2, 0) is 26.2 Å². The van der Waals surface area contributed by atoms with E-state index in [4.69, 9.17) is 9.47 Å². The molecule has 1 N–H and O–H groups in total. The first-order valence-corrected chi connectivity index (χ1v) is 10.5. The number of methoxy groups -OCH3 is 1. The van der Waals surface area contributed by atoms with Gasteiger partial charge in [-0.2, -0.15) is 4.72 Å². The van der Waals surface area contributed by atoms with Gasteiger partial charge in [-0.25, -0.2) is 8.42 Å². The molecule has 0 bridgehead atoms. The lowest BCUT2D eigenvalue weighted by molar-refractivity contribution is -0.146. The normalized spacial score (nSPS) is 12.7. The highest BCUT2D eigenvalue weighted by atomic mass is 32.2. The summed E-state index contributed by atoms with van der Waals surface area (Å²) in [5.74, 6) is -0.0910. The molecule has 6 nitrogen and oxygen atoms in total. The molecule has 142 valence electrons. The summed E-state index contributed by atoms with van der Waals surface area (Å²) in [4.78, 5) is 12.3. The van der Waals surface area contributed by atoms with Crippen LogP contribution < -0.4 is 9.46 Å². The van der Waals surface area contributed by atoms with E-state index in [1.807, 2.05) is 29.6 Å². The van der Waals surface area contributed by atoms with Crippen molar-refractivity contribution in [2.24, 2.45) is 0 Å². The van der Waals surface area contributed by atoms with Crippen LogP contribution in [0.25, 0.3) is 10.1 Å². The molecular formula is C19H19NO5S2. The minimum absolute atomic E-state index is 0.0479. The van der Waals surface area contributed by atoms with Crippen molar-refractivity contribution >= 4 is 37.4 Å². The molecule has 0 spiro atoms. The van der Waals surface area contributed by atoms with E-state index in [1.165, 1.54) is 26.2 Å². The highest BCUT2D eigenvalue weighted by molar-refractivity contribution is 7.89. The number of thiophene rings is 1. The Morgan fingerprint density at radius 3 is 2.56 bits per heavy atom. The van der Waals surface area contributed by atoms with Gasteiger partial charge >= 0.3 is 5.97 Å². The number of fused-ring (bicyclic) bond motifs is 1. The summed E-state index contributed by atoms with van der Waals surface area (Å²) in [7, 11) is -2.34. The number of sulfonamides is 1. The number of ether oxygens (including phenoxy) is 2. The molecule has 1 heterocycles. The summed E-state index contributed by atoms with van der Waals surface area (Å²) >= 11 is 1.57. The predicted molar refractivity (Wildman–Crippen MR) is 104 cm³/mol. The molecule has 0 saturated carbocycles. The van der Waals surface area contributed by atoms with Gasteiger partial charge in [0.1, 0.15) is 18.4 Å². The number of carbonyl (C=O) groups excluding carboxylic acids is 1. The zero-order chi connectivity index (χ0) is 19.4. The molecule has 1 aromatic heterocycles. The van der Waals surface area contributed by atoms with Crippen molar-refractivity contribution in [2.75, 3.05) is 7.11 Å². The standard InChI is InChI=1S/C19H19NO5S2/c1-13(20-27(22,23)16-9-7-15(24-2)8-10-16)19(21)25-11-14-12-26-18-6-4-3-5-17(14)18/h3-10,12-13,20H,11H2,1-2H3/t13-/m0/s1. The van der Waals surface area contributed by atoms with Crippen molar-refractivity contribution in [1.29, 1.82) is 0 Å². The van der Waals surface area contributed by atoms with Crippen LogP contribution in [0.2, 0.25) is 0 Å². The van der Waals surface area contributed by atoms with Crippen molar-refractivity contribution in [3.8, 4) is 5.75 Å². The second kappa shape index (κ2) is 8.08. The van der Waals surface area contributed by atoms with Gasteiger partial charge < -0.3 is 9.47 Å². The van der Waals surface area contributed by atoms with Crippen molar-refractivity contribution in [2.45, 2.75) is 24.5 Å². The van der Waals surface area contributed by atoms with Crippen LogP contribution in [0, 0.1) is 0 Å². The lowest BCUT2D eigenvalue weighted by Crippen LogP contribution is -2.39. The largest absolute Gasteiger partial charge is 0.497 e. The Labute approximate surface area is 161 Å². The second-order valence-corrected chi connectivity index (χ2v) is 8.51. The number of nitrogens with one attached hydrogen (secondary N) is 1. The van der Waals surface area contributed by atoms with Gasteiger partial charge in [0.15, 0.2) is 0 Å². The van der Waals surface area contributed by atoms with Crippen LogP contribution in [-0.4, -0.2) is 27.5 Å². The Balaban J connectivity index is 1.62. The van der Waals surface area contributed by atoms with Crippen LogP contribution in [0.4, 0.5) is 0 Å². The third-order valence-electron chi connectivity index (χ3n) is 3.99. The van der Waals surface area contributed by atoms with E-state index in [0.29, 0.717) is 5.75 Å². The first kappa shape index (κ1) is 19.3. The Morgan fingerprint density at radius 2 is 1.85 bits per heavy atom. The molecule has 3 aromatic rings. The summed E-state index contributed by atoms with van der Waals surface area (Å²) in [6.07, 6.45) is 0. The molecule has 0 amide bonds. The molecule has 2 aromatic carbocycles. The summed E-state index contributed by atoms with van der Waals surface area (Å²) in [5, 5.41) is 2.96. The summed E-state index contributed by atoms with van der Waals surface area (Å²) < 4.78 is 38.5. The average Bonchev–Trinajstić information content (AvgIpc) is 3.09. The molecule has 0 saturated heterocycles. The molecule has 0 unspecified atom stereocenters. The van der Waals surface area contributed by atoms with Crippen molar-refractivity contribution < 1.29 is 22.7 Å². The van der Waals surface area contributed by atoms with Crippen molar-refractivity contribution in [1.82, 2.24) is 4.72 Å². The van der Waals surface area contributed by atoms with E-state index in [2.05, 4.69) is 4.72 Å². The van der Waals surface area contributed by atoms with Crippen LogP contribution in [0.15, 0.2) is 58.8 Å². The number of benzene rings is 2. The fourth-order valence-corrected chi connectivity index (χ4v) is 4.66. The van der Waals surface area contributed by atoms with Crippen LogP contribution in [0.3, 0.4) is 0 Å². The van der Waals surface area contributed by atoms with Gasteiger partial charge in [0, 0.05) is 10.3 Å². The Kier molecular flexibility index (Phi) is 5.79. The van der Waals surface area contributed by atoms with Gasteiger partial charge in [-0.05, 0) is 48.0 Å². The summed E-state index contributed by atoms with van der Waals surface area (Å²) in [6, 6.07) is 12.7. The van der Waals surface area contributed by atoms with Crippen molar-refractivity contribution in [3.05, 3.63) is 59.5 Å². The molecule has 0 fully saturated rings. The van der Waals surface area contributed by atoms with E-state index in [9.17, 15) is 13.2 Å². The summed E-state index contributed by atoms with van der Waals surface area (Å²) in [5.41, 5.74) is 0.897. The molecule has 0 aliphatic rings. The number of esters is 1. The van der Waals surface area contributed by atoms with Crippen LogP contribution in [0.1, 0.15) is 12.5 Å². The SMILES string of the molecule is COc1ccc(S(=O)(=O)N[C@@H](C)C(=O)OCc2csc3ccccc23)cc1. The third-order valence-corrected chi connectivity index (χ3v) is 6.56. The molecular weight excluding hydrogens is 386 g/mol. The number of hydrogen-bond acceptors (Lipinski definition) is 6. The third kappa shape index (κ3) is 4.47. The van der Waals surface area contributed by atoms with Gasteiger partial charge in [-0.3, -0.25) is 4.79 Å². The van der Waals surface area contributed by atoms with Gasteiger partial charge in [-0.1, -0.05) is 18.2 Å². The molecule has 0 aliphatic heterocycles. The fourth-order valence-electron chi connectivity index (χ4n) is 2.52. The first-order valence-electron chi connectivity index (χ1n) is 8.19. The van der Waals surface area contributed by atoms with E-state index in [1.54, 1.807) is 23.5 Å². The Hall–Kier alpha value is -2.42. The van der Waals surface area contributed by atoms with Gasteiger partial charge in [-0.15, -0.1) is 11.3 Å². The Morgan fingerprint density at radius 1 is 1.15 bits per heavy atom. The quantitative estimate of drug-likeness (QED) is 0.610. The predicted octanol–water partition coefficient (Wildman–Crippen LogP) is 3.32. The fraction of sp³-hybridized carbons (Fsp3) is 0.211. The maximum atomic E-state index is 12.4. The second-order valence-electron chi connectivity index (χ2n) is 5.88. The lowest BCUT2D eigenvalue weighted by atomic mass is 10.2. The molecule has 3 rings (SSSR count). The van der Waals surface area contributed by atoms with Gasteiger partial charge in [0.2, 0.25) is 10.0 Å². The Bertz CT molecular complexity index is 1040. The molecule has 27 heavy (non-hydrogen) atoms. The zero-order valence-corrected chi connectivity index (χ0v) is 16.5. The number of carbonyl (C=O) groups is 1. The molecule has 8 heteroatoms.